The van der Waals surface area contributed by atoms with Crippen molar-refractivity contribution < 1.29 is 150 Å². The Hall–Kier alpha value is 4.27. The summed E-state index contributed by atoms with van der Waals surface area (Å²) < 4.78 is 0. The first-order valence-electron chi connectivity index (χ1n) is 0. The molecule has 0 atom stereocenters. The Bertz CT molecular complexity index is 8.49. The van der Waals surface area contributed by atoms with Gasteiger partial charge in [-0.25, -0.2) is 0 Å². The summed E-state index contributed by atoms with van der Waals surface area (Å²) in [4.78, 5) is 0. The molecule has 0 bridgehead atoms. The van der Waals surface area contributed by atoms with Crippen LogP contribution in [0.5, 0.6) is 0 Å². The standard InChI is InChI=1S/6ClH.Dy.Ho/h6*1H;;/q;;;;;;2*+3/p-6. The molecule has 0 saturated heterocycles. The molecule has 0 aromatic rings. The summed E-state index contributed by atoms with van der Waals surface area (Å²) >= 11 is 0. The van der Waals surface area contributed by atoms with Gasteiger partial charge in [0, 0.05) is 0 Å². The molecular weight excluding hydrogens is 540 g/mol. The van der Waals surface area contributed by atoms with E-state index in [0.717, 1.165) is 0 Å². The smallest absolute Gasteiger partial charge is 1.00 e. The van der Waals surface area contributed by atoms with Crippen molar-refractivity contribution in [3.05, 3.63) is 0 Å². The molecule has 0 nitrogen and oxygen atoms in total. The number of halogens is 6. The van der Waals surface area contributed by atoms with E-state index in [1.54, 1.807) is 0 Å². The molecule has 0 rings (SSSR count). The molecule has 0 unspecified atom stereocenters. The van der Waals surface area contributed by atoms with Gasteiger partial charge in [-0.1, -0.05) is 0 Å². The molecule has 0 amide bonds. The van der Waals surface area contributed by atoms with Crippen molar-refractivity contribution in [3.8, 4) is 0 Å². The Kier molecular flexibility index (Phi) is 696. The van der Waals surface area contributed by atoms with Gasteiger partial charge < -0.3 is 74.4 Å². The topological polar surface area (TPSA) is 0 Å². The minimum absolute atomic E-state index is 0. The fraction of sp³-hybridized carbons (Fsp3) is 0. The maximum Gasteiger partial charge on any atom is 3.00 e. The minimum Gasteiger partial charge on any atom is -1.00 e. The largest absolute Gasteiger partial charge is 3.00 e. The third-order valence-corrected chi connectivity index (χ3v) is 0. The Morgan fingerprint density at radius 3 is 0.375 bits per heavy atom. The third-order valence-electron chi connectivity index (χ3n) is 0. The quantitative estimate of drug-likeness (QED) is 0.268. The van der Waals surface area contributed by atoms with Gasteiger partial charge in [-0.2, -0.15) is 0 Å². The molecule has 0 heterocycles. The molecule has 0 aliphatic heterocycles. The monoisotopic (exact) mass is 539 g/mol. The van der Waals surface area contributed by atoms with Crippen LogP contribution in [0.15, 0.2) is 0 Å². The van der Waals surface area contributed by atoms with Gasteiger partial charge in [0.05, 0.1) is 0 Å². The first kappa shape index (κ1) is 85.4. The van der Waals surface area contributed by atoms with E-state index in [2.05, 4.69) is 0 Å². The number of hydrogen-bond donors (Lipinski definition) is 0. The van der Waals surface area contributed by atoms with Crippen molar-refractivity contribution in [1.82, 2.24) is 0 Å². The molecule has 0 N–H and O–H groups in total. The van der Waals surface area contributed by atoms with Crippen molar-refractivity contribution in [2.45, 2.75) is 0 Å². The number of hydrogen-bond acceptors (Lipinski definition) is 0. The van der Waals surface area contributed by atoms with Gasteiger partial charge in [0.1, 0.15) is 0 Å². The van der Waals surface area contributed by atoms with Crippen LogP contribution < -0.4 is 74.4 Å². The van der Waals surface area contributed by atoms with Crippen LogP contribution in [0.4, 0.5) is 0 Å². The van der Waals surface area contributed by atoms with E-state index in [-0.39, 0.29) is 150 Å². The van der Waals surface area contributed by atoms with Crippen LogP contribution >= 0.6 is 0 Å². The second kappa shape index (κ2) is 65.2. The molecule has 0 spiro atoms. The zero-order valence-corrected chi connectivity index (χ0v) is 11.4. The van der Waals surface area contributed by atoms with E-state index in [9.17, 15) is 0 Å². The predicted octanol–water partition coefficient (Wildman–Crippen LogP) is -18.0. The van der Waals surface area contributed by atoms with Crippen LogP contribution in [0.25, 0.3) is 0 Å². The van der Waals surface area contributed by atoms with Gasteiger partial charge in [-0.15, -0.1) is 0 Å². The molecule has 1 radical (unpaired) electrons. The summed E-state index contributed by atoms with van der Waals surface area (Å²) in [6.07, 6.45) is 0. The summed E-state index contributed by atoms with van der Waals surface area (Å²) in [6.45, 7) is 0. The molecule has 8 heavy (non-hydrogen) atoms. The van der Waals surface area contributed by atoms with E-state index < -0.39 is 0 Å². The Morgan fingerprint density at radius 1 is 0.375 bits per heavy atom. The first-order valence-corrected chi connectivity index (χ1v) is 0. The molecule has 0 fully saturated rings. The molecule has 0 aromatic heterocycles. The summed E-state index contributed by atoms with van der Waals surface area (Å²) in [7, 11) is 0. The van der Waals surface area contributed by atoms with Crippen molar-refractivity contribution in [2.24, 2.45) is 0 Å². The van der Waals surface area contributed by atoms with Crippen molar-refractivity contribution in [2.75, 3.05) is 0 Å². The van der Waals surface area contributed by atoms with Gasteiger partial charge in [-0.05, 0) is 0 Å². The molecule has 8 heteroatoms. The predicted molar refractivity (Wildman–Crippen MR) is 0 cm³/mol. The van der Waals surface area contributed by atoms with Gasteiger partial charge in [0.15, 0.2) is 0 Å². The molecule has 63 valence electrons. The van der Waals surface area contributed by atoms with Gasteiger partial charge in [0.25, 0.3) is 0 Å². The third kappa shape index (κ3) is 48.4. The van der Waals surface area contributed by atoms with Gasteiger partial charge in [0.2, 0.25) is 0 Å². The van der Waals surface area contributed by atoms with Crippen molar-refractivity contribution in [1.29, 1.82) is 0 Å². The summed E-state index contributed by atoms with van der Waals surface area (Å²) in [5.41, 5.74) is 0. The van der Waals surface area contributed by atoms with Crippen LogP contribution in [0.3, 0.4) is 0 Å². The molecule has 0 aliphatic rings. The Labute approximate surface area is 147 Å². The average Bonchev–Trinajstić information content (AvgIpc) is 0. The number of rotatable bonds is 0. The van der Waals surface area contributed by atoms with E-state index in [4.69, 9.17) is 0 Å². The zero-order chi connectivity index (χ0) is 0. The van der Waals surface area contributed by atoms with Crippen LogP contribution in [-0.4, -0.2) is 0 Å². The molecular formula is Cl6DyHo. The summed E-state index contributed by atoms with van der Waals surface area (Å²) in [6, 6.07) is 0. The fourth-order valence-corrected chi connectivity index (χ4v) is 0. The fourth-order valence-electron chi connectivity index (χ4n) is 0. The van der Waals surface area contributed by atoms with E-state index in [1.807, 2.05) is 0 Å². The second-order valence-electron chi connectivity index (χ2n) is 0. The Morgan fingerprint density at radius 2 is 0.375 bits per heavy atom. The van der Waals surface area contributed by atoms with E-state index >= 15 is 0 Å². The normalized spacial score (nSPS) is 0. The van der Waals surface area contributed by atoms with Crippen molar-refractivity contribution >= 4 is 0 Å². The summed E-state index contributed by atoms with van der Waals surface area (Å²) in [5.74, 6) is 0. The molecule has 0 aromatic carbocycles. The van der Waals surface area contributed by atoms with Crippen LogP contribution in [0.2, 0.25) is 0 Å². The van der Waals surface area contributed by atoms with Crippen molar-refractivity contribution in [3.63, 3.8) is 0 Å². The molecule has 0 aliphatic carbocycles. The van der Waals surface area contributed by atoms with E-state index in [1.165, 1.54) is 0 Å². The van der Waals surface area contributed by atoms with Gasteiger partial charge >= 0.3 is 75.9 Å². The average molecular weight is 540 g/mol. The second-order valence-corrected chi connectivity index (χ2v) is 0. The SMILES string of the molecule is [Cl-].[Cl-].[Cl-].[Cl-].[Cl-].[Cl-].[Dy+3].[Ho+3]. The zero-order valence-electron chi connectivity index (χ0n) is 2.89. The molecule has 0 saturated carbocycles. The van der Waals surface area contributed by atoms with Crippen LogP contribution in [-0.2, 0) is 0 Å². The van der Waals surface area contributed by atoms with Crippen LogP contribution in [0, 0.1) is 75.9 Å². The van der Waals surface area contributed by atoms with Crippen LogP contribution in [0.1, 0.15) is 0 Å². The first-order chi connectivity index (χ1) is 0. The summed E-state index contributed by atoms with van der Waals surface area (Å²) in [5, 5.41) is 0. The maximum absolute atomic E-state index is 0. The van der Waals surface area contributed by atoms with Gasteiger partial charge in [-0.3, -0.25) is 0 Å². The van der Waals surface area contributed by atoms with E-state index in [0.29, 0.717) is 0 Å². The Balaban J connectivity index is 0. The minimum atomic E-state index is 0. The maximum atomic E-state index is 0.